The van der Waals surface area contributed by atoms with Crippen molar-refractivity contribution in [2.24, 2.45) is 11.7 Å². The van der Waals surface area contributed by atoms with E-state index in [1.807, 2.05) is 11.8 Å². The summed E-state index contributed by atoms with van der Waals surface area (Å²) in [5, 5.41) is 2.97. The molecule has 0 bridgehead atoms. The number of primary amides is 1. The highest BCUT2D eigenvalue weighted by Crippen LogP contribution is 2.34. The Hall–Kier alpha value is -0.820. The molecule has 1 unspecified atom stereocenters. The molecular formula is C12H22F3N3O. The highest BCUT2D eigenvalue weighted by Gasteiger charge is 2.40. The summed E-state index contributed by atoms with van der Waals surface area (Å²) in [6, 6.07) is -0.398. The monoisotopic (exact) mass is 281 g/mol. The standard InChI is InChI=1S/C12H22F3N3O/c1-2-17-10(11(16)19)5-8-18-6-3-9(4-7-18)12(13,14)15/h9-10,17H,2-8H2,1H3,(H2,16,19). The maximum Gasteiger partial charge on any atom is 0.391 e. The van der Waals surface area contributed by atoms with Crippen LogP contribution in [0, 0.1) is 5.92 Å². The number of nitrogens with zero attached hydrogens (tertiary/aromatic N) is 1. The quantitative estimate of drug-likeness (QED) is 0.767. The van der Waals surface area contributed by atoms with Crippen molar-refractivity contribution in [2.45, 2.75) is 38.4 Å². The molecule has 1 aliphatic rings. The Labute approximate surface area is 111 Å². The minimum absolute atomic E-state index is 0.145. The average molecular weight is 281 g/mol. The fourth-order valence-corrected chi connectivity index (χ4v) is 2.39. The van der Waals surface area contributed by atoms with Crippen LogP contribution in [-0.2, 0) is 4.79 Å². The molecule has 19 heavy (non-hydrogen) atoms. The largest absolute Gasteiger partial charge is 0.391 e. The second-order valence-electron chi connectivity index (χ2n) is 4.96. The van der Waals surface area contributed by atoms with Crippen molar-refractivity contribution >= 4 is 5.91 Å². The molecule has 0 aromatic rings. The number of piperidine rings is 1. The van der Waals surface area contributed by atoms with E-state index < -0.39 is 24.0 Å². The van der Waals surface area contributed by atoms with Crippen LogP contribution in [0.3, 0.4) is 0 Å². The van der Waals surface area contributed by atoms with E-state index in [0.717, 1.165) is 0 Å². The van der Waals surface area contributed by atoms with Crippen LogP contribution in [0.2, 0.25) is 0 Å². The molecular weight excluding hydrogens is 259 g/mol. The molecule has 4 nitrogen and oxygen atoms in total. The van der Waals surface area contributed by atoms with Gasteiger partial charge in [-0.05, 0) is 38.9 Å². The summed E-state index contributed by atoms with van der Waals surface area (Å²) in [5.41, 5.74) is 5.25. The summed E-state index contributed by atoms with van der Waals surface area (Å²) in [6.07, 6.45) is -3.25. The predicted molar refractivity (Wildman–Crippen MR) is 66.5 cm³/mol. The summed E-state index contributed by atoms with van der Waals surface area (Å²) in [5.74, 6) is -1.59. The molecule has 7 heteroatoms. The topological polar surface area (TPSA) is 58.4 Å². The summed E-state index contributed by atoms with van der Waals surface area (Å²) < 4.78 is 37.5. The zero-order valence-corrected chi connectivity index (χ0v) is 11.2. The maximum absolute atomic E-state index is 12.5. The molecule has 112 valence electrons. The second-order valence-corrected chi connectivity index (χ2v) is 4.96. The number of alkyl halides is 3. The highest BCUT2D eigenvalue weighted by atomic mass is 19.4. The molecule has 1 atom stereocenters. The van der Waals surface area contributed by atoms with Crippen LogP contribution in [0.25, 0.3) is 0 Å². The van der Waals surface area contributed by atoms with E-state index >= 15 is 0 Å². The van der Waals surface area contributed by atoms with Crippen LogP contribution in [0.15, 0.2) is 0 Å². The Morgan fingerprint density at radius 3 is 2.42 bits per heavy atom. The third kappa shape index (κ3) is 5.36. The number of hydrogen-bond donors (Lipinski definition) is 2. The summed E-state index contributed by atoms with van der Waals surface area (Å²) in [7, 11) is 0. The molecule has 1 heterocycles. The van der Waals surface area contributed by atoms with Crippen LogP contribution in [0.1, 0.15) is 26.2 Å². The third-order valence-electron chi connectivity index (χ3n) is 3.58. The lowest BCUT2D eigenvalue weighted by Crippen LogP contribution is -2.45. The predicted octanol–water partition coefficient (Wildman–Crippen LogP) is 1.11. The summed E-state index contributed by atoms with van der Waals surface area (Å²) in [6.45, 7) is 3.99. The fourth-order valence-electron chi connectivity index (χ4n) is 2.39. The second kappa shape index (κ2) is 7.09. The molecule has 1 fully saturated rings. The molecule has 0 aliphatic carbocycles. The highest BCUT2D eigenvalue weighted by molar-refractivity contribution is 5.79. The van der Waals surface area contributed by atoms with Gasteiger partial charge in [0.25, 0.3) is 0 Å². The Kier molecular flexibility index (Phi) is 6.06. The Balaban J connectivity index is 2.31. The molecule has 0 saturated carbocycles. The lowest BCUT2D eigenvalue weighted by Gasteiger charge is -2.33. The van der Waals surface area contributed by atoms with Crippen molar-refractivity contribution in [3.63, 3.8) is 0 Å². The first-order valence-corrected chi connectivity index (χ1v) is 6.66. The molecule has 0 aromatic carbocycles. The van der Waals surface area contributed by atoms with Gasteiger partial charge in [-0.2, -0.15) is 13.2 Å². The van der Waals surface area contributed by atoms with E-state index in [2.05, 4.69) is 5.32 Å². The van der Waals surface area contributed by atoms with Crippen LogP contribution < -0.4 is 11.1 Å². The first-order chi connectivity index (χ1) is 8.84. The van der Waals surface area contributed by atoms with Gasteiger partial charge in [0.2, 0.25) is 5.91 Å². The molecule has 1 amide bonds. The minimum atomic E-state index is -4.08. The van der Waals surface area contributed by atoms with E-state index in [1.165, 1.54) is 0 Å². The van der Waals surface area contributed by atoms with E-state index in [0.29, 0.717) is 32.6 Å². The summed E-state index contributed by atoms with van der Waals surface area (Å²) >= 11 is 0. The normalized spacial score (nSPS) is 20.4. The van der Waals surface area contributed by atoms with Gasteiger partial charge < -0.3 is 16.0 Å². The lowest BCUT2D eigenvalue weighted by molar-refractivity contribution is -0.185. The molecule has 1 saturated heterocycles. The molecule has 0 radical (unpaired) electrons. The lowest BCUT2D eigenvalue weighted by atomic mass is 9.96. The molecule has 1 aliphatic heterocycles. The zero-order chi connectivity index (χ0) is 14.5. The Bertz CT molecular complexity index is 288. The smallest absolute Gasteiger partial charge is 0.368 e. The Morgan fingerprint density at radius 2 is 2.00 bits per heavy atom. The van der Waals surface area contributed by atoms with Crippen molar-refractivity contribution in [1.82, 2.24) is 10.2 Å². The number of carbonyl (C=O) groups excluding carboxylic acids is 1. The summed E-state index contributed by atoms with van der Waals surface area (Å²) in [4.78, 5) is 13.1. The van der Waals surface area contributed by atoms with Gasteiger partial charge in [0.05, 0.1) is 12.0 Å². The van der Waals surface area contributed by atoms with Crippen molar-refractivity contribution in [3.8, 4) is 0 Å². The molecule has 3 N–H and O–H groups in total. The zero-order valence-electron chi connectivity index (χ0n) is 11.2. The van der Waals surface area contributed by atoms with Gasteiger partial charge >= 0.3 is 6.18 Å². The first-order valence-electron chi connectivity index (χ1n) is 6.66. The molecule has 0 aromatic heterocycles. The average Bonchev–Trinajstić information content (AvgIpc) is 2.33. The number of likely N-dealkylation sites (N-methyl/N-ethyl adjacent to an activating group) is 1. The minimum Gasteiger partial charge on any atom is -0.368 e. The number of hydrogen-bond acceptors (Lipinski definition) is 3. The van der Waals surface area contributed by atoms with Gasteiger partial charge in [-0.15, -0.1) is 0 Å². The number of halogens is 3. The number of rotatable bonds is 6. The van der Waals surface area contributed by atoms with Gasteiger partial charge in [0.1, 0.15) is 0 Å². The van der Waals surface area contributed by atoms with Gasteiger partial charge in [0.15, 0.2) is 0 Å². The maximum atomic E-state index is 12.5. The van der Waals surface area contributed by atoms with E-state index in [9.17, 15) is 18.0 Å². The van der Waals surface area contributed by atoms with Crippen LogP contribution >= 0.6 is 0 Å². The van der Waals surface area contributed by atoms with Crippen LogP contribution in [-0.4, -0.2) is 49.2 Å². The van der Waals surface area contributed by atoms with E-state index in [4.69, 9.17) is 5.73 Å². The van der Waals surface area contributed by atoms with Crippen molar-refractivity contribution in [2.75, 3.05) is 26.2 Å². The van der Waals surface area contributed by atoms with E-state index in [-0.39, 0.29) is 12.8 Å². The number of nitrogens with one attached hydrogen (secondary N) is 1. The first kappa shape index (κ1) is 16.2. The van der Waals surface area contributed by atoms with Crippen molar-refractivity contribution < 1.29 is 18.0 Å². The Morgan fingerprint density at radius 1 is 1.42 bits per heavy atom. The van der Waals surface area contributed by atoms with Crippen molar-refractivity contribution in [3.05, 3.63) is 0 Å². The third-order valence-corrected chi connectivity index (χ3v) is 3.58. The van der Waals surface area contributed by atoms with Crippen LogP contribution in [0.5, 0.6) is 0 Å². The van der Waals surface area contributed by atoms with Gasteiger partial charge in [-0.1, -0.05) is 6.92 Å². The molecule has 0 spiro atoms. The number of amides is 1. The van der Waals surface area contributed by atoms with Crippen LogP contribution in [0.4, 0.5) is 13.2 Å². The van der Waals surface area contributed by atoms with Gasteiger partial charge in [-0.25, -0.2) is 0 Å². The number of likely N-dealkylation sites (tertiary alicyclic amines) is 1. The van der Waals surface area contributed by atoms with Crippen molar-refractivity contribution in [1.29, 1.82) is 0 Å². The SMILES string of the molecule is CCNC(CCN1CCC(C(F)(F)F)CC1)C(N)=O. The van der Waals surface area contributed by atoms with Gasteiger partial charge in [-0.3, -0.25) is 4.79 Å². The van der Waals surface area contributed by atoms with Gasteiger partial charge in [0, 0.05) is 6.54 Å². The fraction of sp³-hybridized carbons (Fsp3) is 0.917. The molecule has 1 rings (SSSR count). The number of nitrogens with two attached hydrogens (primary N) is 1. The van der Waals surface area contributed by atoms with E-state index in [1.54, 1.807) is 0 Å². The number of carbonyl (C=O) groups is 1.